The average molecular weight is 367 g/mol. The highest BCUT2D eigenvalue weighted by atomic mass is 32.1. The molecule has 3 aromatic rings. The van der Waals surface area contributed by atoms with Crippen molar-refractivity contribution in [3.05, 3.63) is 69.4 Å². The molecule has 1 aliphatic rings. The van der Waals surface area contributed by atoms with E-state index in [0.717, 1.165) is 24.8 Å². The number of carbonyl (C=O) groups is 2. The van der Waals surface area contributed by atoms with Crippen molar-refractivity contribution in [3.63, 3.8) is 0 Å². The topological polar surface area (TPSA) is 88.9 Å². The van der Waals surface area contributed by atoms with E-state index in [-0.39, 0.29) is 11.8 Å². The first-order chi connectivity index (χ1) is 12.7. The van der Waals surface area contributed by atoms with Gasteiger partial charge in [-0.3, -0.25) is 20.4 Å². The van der Waals surface area contributed by atoms with E-state index in [1.807, 2.05) is 18.2 Å². The molecule has 0 atom stereocenters. The van der Waals surface area contributed by atoms with Crippen molar-refractivity contribution in [2.75, 3.05) is 0 Å². The maximum absolute atomic E-state index is 12.2. The zero-order valence-electron chi connectivity index (χ0n) is 13.9. The Kier molecular flexibility index (Phi) is 4.49. The summed E-state index contributed by atoms with van der Waals surface area (Å²) < 4.78 is 1.70. The Balaban J connectivity index is 1.33. The number of nitrogens with zero attached hydrogens (tertiary/aromatic N) is 3. The first-order valence-corrected chi connectivity index (χ1v) is 9.14. The van der Waals surface area contributed by atoms with Crippen LogP contribution in [0.15, 0.2) is 43.0 Å². The number of fused-ring (bicyclic) bond motifs is 1. The molecule has 2 N–H and O–H groups in total. The van der Waals surface area contributed by atoms with Crippen molar-refractivity contribution >= 4 is 23.2 Å². The molecule has 0 saturated heterocycles. The summed E-state index contributed by atoms with van der Waals surface area (Å²) >= 11 is 1.50. The molecular formula is C18H17N5O2S. The smallest absolute Gasteiger partial charge is 0.267 e. The number of carbonyl (C=O) groups excluding carboxylic acids is 2. The maximum atomic E-state index is 12.2. The zero-order valence-corrected chi connectivity index (χ0v) is 14.8. The largest absolute Gasteiger partial charge is 0.279 e. The molecular weight excluding hydrogens is 350 g/mol. The van der Waals surface area contributed by atoms with E-state index in [2.05, 4.69) is 20.9 Å². The van der Waals surface area contributed by atoms with Crippen LogP contribution in [0.5, 0.6) is 0 Å². The molecule has 2 heterocycles. The summed E-state index contributed by atoms with van der Waals surface area (Å²) in [6, 6.07) is 9.05. The van der Waals surface area contributed by atoms with Gasteiger partial charge in [0, 0.05) is 10.4 Å². The van der Waals surface area contributed by atoms with Crippen LogP contribution < -0.4 is 10.9 Å². The Morgan fingerprint density at radius 1 is 1.12 bits per heavy atom. The summed E-state index contributed by atoms with van der Waals surface area (Å²) in [4.78, 5) is 30.2. The van der Waals surface area contributed by atoms with Crippen molar-refractivity contribution < 1.29 is 9.59 Å². The second-order valence-corrected chi connectivity index (χ2v) is 7.25. The van der Waals surface area contributed by atoms with Gasteiger partial charge in [0.05, 0.1) is 11.4 Å². The second kappa shape index (κ2) is 7.09. The van der Waals surface area contributed by atoms with Crippen LogP contribution in [0.25, 0.3) is 0 Å². The van der Waals surface area contributed by atoms with Crippen LogP contribution in [0.2, 0.25) is 0 Å². The molecule has 0 fully saturated rings. The molecule has 26 heavy (non-hydrogen) atoms. The van der Waals surface area contributed by atoms with Crippen LogP contribution in [0.3, 0.4) is 0 Å². The quantitative estimate of drug-likeness (QED) is 0.690. The average Bonchev–Trinajstić information content (AvgIpc) is 3.37. The van der Waals surface area contributed by atoms with Crippen molar-refractivity contribution in [3.8, 4) is 0 Å². The highest BCUT2D eigenvalue weighted by molar-refractivity contribution is 7.14. The Morgan fingerprint density at radius 3 is 2.65 bits per heavy atom. The summed E-state index contributed by atoms with van der Waals surface area (Å²) in [5, 5.41) is 4.04. The van der Waals surface area contributed by atoms with Gasteiger partial charge >= 0.3 is 0 Å². The van der Waals surface area contributed by atoms with Crippen LogP contribution in [0.4, 0.5) is 0 Å². The van der Waals surface area contributed by atoms with E-state index in [1.165, 1.54) is 28.1 Å². The molecule has 4 rings (SSSR count). The minimum absolute atomic E-state index is 0.277. The molecule has 1 aliphatic carbocycles. The van der Waals surface area contributed by atoms with Gasteiger partial charge in [0.1, 0.15) is 12.7 Å². The molecule has 2 aromatic heterocycles. The van der Waals surface area contributed by atoms with Crippen LogP contribution in [-0.4, -0.2) is 26.6 Å². The summed E-state index contributed by atoms with van der Waals surface area (Å²) in [6.45, 7) is 0.585. The third-order valence-electron chi connectivity index (χ3n) is 4.29. The molecule has 2 amide bonds. The Bertz CT molecular complexity index is 910. The Morgan fingerprint density at radius 2 is 1.92 bits per heavy atom. The van der Waals surface area contributed by atoms with E-state index in [4.69, 9.17) is 0 Å². The normalized spacial score (nSPS) is 12.6. The first-order valence-electron chi connectivity index (χ1n) is 8.32. The molecule has 0 radical (unpaired) electrons. The van der Waals surface area contributed by atoms with E-state index in [0.29, 0.717) is 17.0 Å². The van der Waals surface area contributed by atoms with Gasteiger partial charge in [0.2, 0.25) is 0 Å². The molecule has 0 unspecified atom stereocenters. The number of aromatic nitrogens is 3. The van der Waals surface area contributed by atoms with Crippen molar-refractivity contribution in [2.45, 2.75) is 25.8 Å². The van der Waals surface area contributed by atoms with Crippen molar-refractivity contribution in [2.24, 2.45) is 0 Å². The monoisotopic (exact) mass is 367 g/mol. The Labute approximate surface area is 154 Å². The number of hydrazine groups is 1. The van der Waals surface area contributed by atoms with Gasteiger partial charge in [0.25, 0.3) is 11.8 Å². The molecule has 0 saturated carbocycles. The lowest BCUT2D eigenvalue weighted by molar-refractivity contribution is 0.0849. The van der Waals surface area contributed by atoms with E-state index < -0.39 is 0 Å². The van der Waals surface area contributed by atoms with E-state index >= 15 is 0 Å². The van der Waals surface area contributed by atoms with Gasteiger partial charge < -0.3 is 0 Å². The highest BCUT2D eigenvalue weighted by Gasteiger charge is 2.18. The van der Waals surface area contributed by atoms with Gasteiger partial charge in [-0.25, -0.2) is 9.67 Å². The van der Waals surface area contributed by atoms with Gasteiger partial charge in [-0.1, -0.05) is 12.1 Å². The van der Waals surface area contributed by atoms with E-state index in [9.17, 15) is 9.59 Å². The number of rotatable bonds is 4. The number of thiophene rings is 1. The number of amides is 2. The molecule has 132 valence electrons. The molecule has 0 aliphatic heterocycles. The van der Waals surface area contributed by atoms with Crippen LogP contribution in [0, 0.1) is 0 Å². The predicted octanol–water partition coefficient (Wildman–Crippen LogP) is 1.95. The number of benzene rings is 1. The molecule has 0 spiro atoms. The summed E-state index contributed by atoms with van der Waals surface area (Å²) in [6.07, 6.45) is 6.35. The summed E-state index contributed by atoms with van der Waals surface area (Å²) in [7, 11) is 0. The standard InChI is InChI=1S/C18H17N5O2S/c24-17(13-6-4-12(5-7-13)9-23-11-19-10-20-23)21-22-18(25)16-8-14-2-1-3-15(14)26-16/h4-8,10-11H,1-3,9H2,(H,21,24)(H,22,25). The minimum Gasteiger partial charge on any atom is -0.267 e. The van der Waals surface area contributed by atoms with Crippen LogP contribution in [-0.2, 0) is 19.4 Å². The van der Waals surface area contributed by atoms with Crippen LogP contribution >= 0.6 is 11.3 Å². The number of hydrogen-bond donors (Lipinski definition) is 2. The lowest BCUT2D eigenvalue weighted by atomic mass is 10.1. The molecule has 7 nitrogen and oxygen atoms in total. The van der Waals surface area contributed by atoms with Gasteiger partial charge in [0.15, 0.2) is 0 Å². The lowest BCUT2D eigenvalue weighted by Gasteiger charge is -2.07. The second-order valence-electron chi connectivity index (χ2n) is 6.11. The SMILES string of the molecule is O=C(NNC(=O)c1cc2c(s1)CCC2)c1ccc(Cn2cncn2)cc1. The molecule has 8 heteroatoms. The summed E-state index contributed by atoms with van der Waals surface area (Å²) in [5.41, 5.74) is 7.69. The lowest BCUT2D eigenvalue weighted by Crippen LogP contribution is -2.41. The van der Waals surface area contributed by atoms with Gasteiger partial charge in [-0.2, -0.15) is 5.10 Å². The number of hydrogen-bond acceptors (Lipinski definition) is 5. The van der Waals surface area contributed by atoms with Gasteiger partial charge in [-0.15, -0.1) is 11.3 Å². The fourth-order valence-electron chi connectivity index (χ4n) is 2.95. The molecule has 0 bridgehead atoms. The number of aryl methyl sites for hydroxylation is 2. The third kappa shape index (κ3) is 3.50. The molecule has 1 aromatic carbocycles. The first kappa shape index (κ1) is 16.5. The fraction of sp³-hybridized carbons (Fsp3) is 0.222. The zero-order chi connectivity index (χ0) is 17.9. The maximum Gasteiger partial charge on any atom is 0.279 e. The van der Waals surface area contributed by atoms with E-state index in [1.54, 1.807) is 23.1 Å². The predicted molar refractivity (Wildman–Crippen MR) is 96.8 cm³/mol. The fourth-order valence-corrected chi connectivity index (χ4v) is 4.10. The third-order valence-corrected chi connectivity index (χ3v) is 5.52. The van der Waals surface area contributed by atoms with Crippen molar-refractivity contribution in [1.82, 2.24) is 25.6 Å². The van der Waals surface area contributed by atoms with Crippen molar-refractivity contribution in [1.29, 1.82) is 0 Å². The highest BCUT2D eigenvalue weighted by Crippen LogP contribution is 2.30. The van der Waals surface area contributed by atoms with Gasteiger partial charge in [-0.05, 0) is 48.6 Å². The van der Waals surface area contributed by atoms with Crippen LogP contribution in [0.1, 0.15) is 42.5 Å². The minimum atomic E-state index is -0.352. The summed E-state index contributed by atoms with van der Waals surface area (Å²) in [5.74, 6) is -0.629. The number of nitrogens with one attached hydrogen (secondary N) is 2. The Hall–Kier alpha value is -3.00.